The molecule has 1 aliphatic rings. The summed E-state index contributed by atoms with van der Waals surface area (Å²) in [5.41, 5.74) is 0. The van der Waals surface area contributed by atoms with Gasteiger partial charge in [-0.15, -0.1) is 0 Å². The van der Waals surface area contributed by atoms with Gasteiger partial charge >= 0.3 is 11.9 Å². The van der Waals surface area contributed by atoms with Crippen molar-refractivity contribution in [3.63, 3.8) is 0 Å². The number of ether oxygens (including phenoxy) is 3. The van der Waals surface area contributed by atoms with Gasteiger partial charge in [-0.1, -0.05) is 0 Å². The Balaban J connectivity index is 2.61. The predicted molar refractivity (Wildman–Crippen MR) is 64.1 cm³/mol. The number of carbonyl (C=O) groups excluding carboxylic acids is 2. The highest BCUT2D eigenvalue weighted by Gasteiger charge is 2.31. The molecule has 0 aromatic heterocycles. The lowest BCUT2D eigenvalue weighted by Crippen LogP contribution is -2.49. The van der Waals surface area contributed by atoms with E-state index < -0.39 is 6.04 Å². The van der Waals surface area contributed by atoms with Crippen molar-refractivity contribution in [3.8, 4) is 0 Å². The Morgan fingerprint density at radius 3 is 2.33 bits per heavy atom. The van der Waals surface area contributed by atoms with Crippen LogP contribution in [0.15, 0.2) is 0 Å². The van der Waals surface area contributed by atoms with E-state index in [9.17, 15) is 9.59 Å². The van der Waals surface area contributed by atoms with Crippen LogP contribution in [0.3, 0.4) is 0 Å². The van der Waals surface area contributed by atoms with Crippen LogP contribution in [-0.4, -0.2) is 62.4 Å². The van der Waals surface area contributed by atoms with Crippen molar-refractivity contribution in [2.24, 2.45) is 0 Å². The molecule has 1 saturated heterocycles. The predicted octanol–water partition coefficient (Wildman–Crippen LogP) is 0.204. The highest BCUT2D eigenvalue weighted by Crippen LogP contribution is 2.11. The molecule has 104 valence electrons. The van der Waals surface area contributed by atoms with Crippen molar-refractivity contribution in [2.75, 3.05) is 39.5 Å². The van der Waals surface area contributed by atoms with Crippen LogP contribution in [0.2, 0.25) is 0 Å². The molecule has 0 saturated carbocycles. The summed E-state index contributed by atoms with van der Waals surface area (Å²) < 4.78 is 15.1. The zero-order valence-electron chi connectivity index (χ0n) is 11.0. The summed E-state index contributed by atoms with van der Waals surface area (Å²) in [6.07, 6.45) is 0.0344. The van der Waals surface area contributed by atoms with Gasteiger partial charge in [-0.2, -0.15) is 0 Å². The normalized spacial score (nSPS) is 18.1. The Morgan fingerprint density at radius 1 is 1.17 bits per heavy atom. The van der Waals surface area contributed by atoms with Crippen molar-refractivity contribution in [1.29, 1.82) is 0 Å². The lowest BCUT2D eigenvalue weighted by atomic mass is 10.1. The average Bonchev–Trinajstić information content (AvgIpc) is 2.37. The lowest BCUT2D eigenvalue weighted by molar-refractivity contribution is -0.158. The average molecular weight is 259 g/mol. The molecule has 1 unspecified atom stereocenters. The summed E-state index contributed by atoms with van der Waals surface area (Å²) in [5.74, 6) is -0.741. The van der Waals surface area contributed by atoms with Crippen molar-refractivity contribution in [3.05, 3.63) is 0 Å². The number of esters is 2. The fourth-order valence-corrected chi connectivity index (χ4v) is 1.87. The number of hydrogen-bond donors (Lipinski definition) is 0. The zero-order valence-corrected chi connectivity index (χ0v) is 11.0. The zero-order chi connectivity index (χ0) is 13.4. The number of nitrogens with zero attached hydrogens (tertiary/aromatic N) is 1. The number of rotatable bonds is 6. The van der Waals surface area contributed by atoms with Gasteiger partial charge in [-0.05, 0) is 13.8 Å². The molecule has 6 heteroatoms. The van der Waals surface area contributed by atoms with E-state index in [-0.39, 0.29) is 18.4 Å². The Morgan fingerprint density at radius 2 is 1.78 bits per heavy atom. The minimum absolute atomic E-state index is 0.0344. The van der Waals surface area contributed by atoms with Crippen molar-refractivity contribution in [2.45, 2.75) is 26.3 Å². The molecule has 1 heterocycles. The molecule has 1 fully saturated rings. The first-order valence-corrected chi connectivity index (χ1v) is 6.33. The van der Waals surface area contributed by atoms with E-state index in [1.807, 2.05) is 4.90 Å². The van der Waals surface area contributed by atoms with Gasteiger partial charge in [-0.25, -0.2) is 0 Å². The second-order valence-electron chi connectivity index (χ2n) is 3.93. The molecule has 18 heavy (non-hydrogen) atoms. The van der Waals surface area contributed by atoms with E-state index in [2.05, 4.69) is 0 Å². The van der Waals surface area contributed by atoms with Crippen LogP contribution in [0.25, 0.3) is 0 Å². The summed E-state index contributed by atoms with van der Waals surface area (Å²) in [4.78, 5) is 25.3. The minimum atomic E-state index is -0.562. The molecule has 0 N–H and O–H groups in total. The third-order valence-corrected chi connectivity index (χ3v) is 2.71. The summed E-state index contributed by atoms with van der Waals surface area (Å²) in [7, 11) is 0. The van der Waals surface area contributed by atoms with Crippen LogP contribution in [0.4, 0.5) is 0 Å². The molecule has 0 spiro atoms. The molecule has 1 aliphatic heterocycles. The monoisotopic (exact) mass is 259 g/mol. The standard InChI is InChI=1S/C12H21NO5/c1-3-17-11(14)9-10(12(15)18-4-2)13-5-7-16-8-6-13/h10H,3-9H2,1-2H3. The minimum Gasteiger partial charge on any atom is -0.466 e. The van der Waals surface area contributed by atoms with E-state index >= 15 is 0 Å². The Hall–Kier alpha value is -1.14. The highest BCUT2D eigenvalue weighted by molar-refractivity contribution is 5.82. The third-order valence-electron chi connectivity index (χ3n) is 2.71. The van der Waals surface area contributed by atoms with Gasteiger partial charge in [0.2, 0.25) is 0 Å². The van der Waals surface area contributed by atoms with Gasteiger partial charge in [0.15, 0.2) is 0 Å². The Labute approximate surface area is 107 Å². The number of carbonyl (C=O) groups is 2. The number of hydrogen-bond acceptors (Lipinski definition) is 6. The second-order valence-corrected chi connectivity index (χ2v) is 3.93. The van der Waals surface area contributed by atoms with Gasteiger partial charge < -0.3 is 14.2 Å². The van der Waals surface area contributed by atoms with Gasteiger partial charge in [-0.3, -0.25) is 14.5 Å². The largest absolute Gasteiger partial charge is 0.466 e. The summed E-state index contributed by atoms with van der Waals surface area (Å²) in [6, 6.07) is -0.562. The highest BCUT2D eigenvalue weighted by atomic mass is 16.5. The van der Waals surface area contributed by atoms with Crippen molar-refractivity contribution >= 4 is 11.9 Å². The second kappa shape index (κ2) is 8.05. The van der Waals surface area contributed by atoms with Crippen molar-refractivity contribution < 1.29 is 23.8 Å². The quantitative estimate of drug-likeness (QED) is 0.635. The Kier molecular flexibility index (Phi) is 6.67. The maximum Gasteiger partial charge on any atom is 0.323 e. The smallest absolute Gasteiger partial charge is 0.323 e. The summed E-state index contributed by atoms with van der Waals surface area (Å²) in [6.45, 7) is 6.51. The maximum absolute atomic E-state index is 11.9. The van der Waals surface area contributed by atoms with Gasteiger partial charge in [0.05, 0.1) is 32.8 Å². The third kappa shape index (κ3) is 4.62. The fourth-order valence-electron chi connectivity index (χ4n) is 1.87. The molecule has 0 aliphatic carbocycles. The molecule has 0 aromatic carbocycles. The number of morpholine rings is 1. The van der Waals surface area contributed by atoms with E-state index in [0.29, 0.717) is 39.5 Å². The van der Waals surface area contributed by atoms with Crippen LogP contribution in [0.5, 0.6) is 0 Å². The topological polar surface area (TPSA) is 65.1 Å². The SMILES string of the molecule is CCOC(=O)CC(C(=O)OCC)N1CCOCC1. The van der Waals surface area contributed by atoms with E-state index in [4.69, 9.17) is 14.2 Å². The molecule has 0 amide bonds. The molecular formula is C12H21NO5. The van der Waals surface area contributed by atoms with E-state index in [1.54, 1.807) is 13.8 Å². The molecule has 1 atom stereocenters. The van der Waals surface area contributed by atoms with Gasteiger partial charge in [0.1, 0.15) is 6.04 Å². The molecule has 6 nitrogen and oxygen atoms in total. The summed E-state index contributed by atoms with van der Waals surface area (Å²) >= 11 is 0. The fraction of sp³-hybridized carbons (Fsp3) is 0.833. The maximum atomic E-state index is 11.9. The van der Waals surface area contributed by atoms with E-state index in [0.717, 1.165) is 0 Å². The van der Waals surface area contributed by atoms with E-state index in [1.165, 1.54) is 0 Å². The van der Waals surface area contributed by atoms with Crippen LogP contribution in [0, 0.1) is 0 Å². The van der Waals surface area contributed by atoms with Crippen LogP contribution >= 0.6 is 0 Å². The lowest BCUT2D eigenvalue weighted by Gasteiger charge is -2.32. The molecule has 0 aromatic rings. The van der Waals surface area contributed by atoms with Crippen LogP contribution in [-0.2, 0) is 23.8 Å². The summed E-state index contributed by atoms with van der Waals surface area (Å²) in [5, 5.41) is 0. The Bertz CT molecular complexity index is 276. The van der Waals surface area contributed by atoms with Crippen molar-refractivity contribution in [1.82, 2.24) is 4.90 Å². The molecule has 1 rings (SSSR count). The molecule has 0 radical (unpaired) electrons. The first kappa shape index (κ1) is 14.9. The molecule has 0 bridgehead atoms. The molecular weight excluding hydrogens is 238 g/mol. The first-order valence-electron chi connectivity index (χ1n) is 6.33. The van der Waals surface area contributed by atoms with Gasteiger partial charge in [0.25, 0.3) is 0 Å². The van der Waals surface area contributed by atoms with Gasteiger partial charge in [0, 0.05) is 13.1 Å². The van der Waals surface area contributed by atoms with Crippen LogP contribution < -0.4 is 0 Å². The first-order chi connectivity index (χ1) is 8.69. The van der Waals surface area contributed by atoms with Crippen LogP contribution in [0.1, 0.15) is 20.3 Å².